The lowest BCUT2D eigenvalue weighted by Gasteiger charge is -2.32. The third-order valence-corrected chi connectivity index (χ3v) is 4.28. The molecule has 0 aliphatic carbocycles. The lowest BCUT2D eigenvalue weighted by Crippen LogP contribution is -2.43. The highest BCUT2D eigenvalue weighted by Gasteiger charge is 2.55. The number of aliphatic hydroxyl groups is 1. The quantitative estimate of drug-likeness (QED) is 0.576. The molecule has 1 aliphatic heterocycles. The number of rotatable bonds is 7. The van der Waals surface area contributed by atoms with Gasteiger partial charge >= 0.3 is 7.12 Å². The third kappa shape index (κ3) is 3.34. The molecule has 1 heterocycles. The van der Waals surface area contributed by atoms with E-state index in [2.05, 4.69) is 13.2 Å². The predicted octanol–water partition coefficient (Wildman–Crippen LogP) is 2.52. The second kappa shape index (κ2) is 6.02. The zero-order valence-electron chi connectivity index (χ0n) is 13.4. The Hall–Kier alpha value is -0.615. The first-order chi connectivity index (χ1) is 9.09. The van der Waals surface area contributed by atoms with E-state index in [1.807, 2.05) is 27.7 Å². The van der Waals surface area contributed by atoms with E-state index >= 15 is 0 Å². The van der Waals surface area contributed by atoms with Crippen molar-refractivity contribution in [3.8, 4) is 0 Å². The van der Waals surface area contributed by atoms with Crippen molar-refractivity contribution in [3.05, 3.63) is 24.7 Å². The van der Waals surface area contributed by atoms with Crippen molar-refractivity contribution in [2.24, 2.45) is 0 Å². The SMILES string of the molecule is C=CCC[C@](O)(COC)C(=C)B1OC(C)(C)C(C)(C)O1. The fraction of sp³-hybridized carbons (Fsp3) is 0.733. The van der Waals surface area contributed by atoms with Crippen molar-refractivity contribution in [1.82, 2.24) is 0 Å². The Morgan fingerprint density at radius 3 is 2.20 bits per heavy atom. The molecule has 1 fully saturated rings. The van der Waals surface area contributed by atoms with E-state index in [4.69, 9.17) is 14.0 Å². The molecule has 0 amide bonds. The molecule has 114 valence electrons. The summed E-state index contributed by atoms with van der Waals surface area (Å²) < 4.78 is 17.0. The topological polar surface area (TPSA) is 47.9 Å². The second-order valence-corrected chi connectivity index (χ2v) is 6.41. The molecule has 1 aliphatic rings. The van der Waals surface area contributed by atoms with Gasteiger partial charge in [-0.1, -0.05) is 6.08 Å². The predicted molar refractivity (Wildman–Crippen MR) is 81.5 cm³/mol. The van der Waals surface area contributed by atoms with Crippen LogP contribution in [-0.2, 0) is 14.0 Å². The van der Waals surface area contributed by atoms with Crippen LogP contribution in [0.5, 0.6) is 0 Å². The van der Waals surface area contributed by atoms with Crippen LogP contribution in [0.25, 0.3) is 0 Å². The van der Waals surface area contributed by atoms with Gasteiger partial charge in [-0.05, 0) is 46.0 Å². The van der Waals surface area contributed by atoms with Crippen molar-refractivity contribution in [2.45, 2.75) is 57.3 Å². The molecule has 0 saturated carbocycles. The van der Waals surface area contributed by atoms with Gasteiger partial charge in [-0.2, -0.15) is 0 Å². The van der Waals surface area contributed by atoms with Crippen LogP contribution in [0.1, 0.15) is 40.5 Å². The van der Waals surface area contributed by atoms with Crippen LogP contribution in [0, 0.1) is 0 Å². The Balaban J connectivity index is 2.89. The summed E-state index contributed by atoms with van der Waals surface area (Å²) in [6.07, 6.45) is 2.91. The van der Waals surface area contributed by atoms with Gasteiger partial charge in [0.15, 0.2) is 0 Å². The first-order valence-corrected chi connectivity index (χ1v) is 6.97. The van der Waals surface area contributed by atoms with E-state index in [-0.39, 0.29) is 6.61 Å². The summed E-state index contributed by atoms with van der Waals surface area (Å²) in [4.78, 5) is 0. The highest BCUT2D eigenvalue weighted by molar-refractivity contribution is 6.55. The molecule has 4 nitrogen and oxygen atoms in total. The molecule has 0 spiro atoms. The highest BCUT2D eigenvalue weighted by Crippen LogP contribution is 2.40. The Labute approximate surface area is 122 Å². The fourth-order valence-corrected chi connectivity index (χ4v) is 2.11. The number of ether oxygens (including phenoxy) is 1. The van der Waals surface area contributed by atoms with Gasteiger partial charge in [0.05, 0.1) is 17.8 Å². The second-order valence-electron chi connectivity index (χ2n) is 6.41. The summed E-state index contributed by atoms with van der Waals surface area (Å²) in [7, 11) is 0.918. The number of hydrogen-bond acceptors (Lipinski definition) is 4. The van der Waals surface area contributed by atoms with Crippen LogP contribution in [0.3, 0.4) is 0 Å². The van der Waals surface area contributed by atoms with Gasteiger partial charge in [0.1, 0.15) is 5.60 Å². The zero-order valence-corrected chi connectivity index (χ0v) is 13.4. The van der Waals surface area contributed by atoms with Crippen LogP contribution < -0.4 is 0 Å². The van der Waals surface area contributed by atoms with Crippen LogP contribution in [0.2, 0.25) is 0 Å². The largest absolute Gasteiger partial charge is 0.492 e. The van der Waals surface area contributed by atoms with Gasteiger partial charge < -0.3 is 19.2 Å². The Bertz CT molecular complexity index is 362. The summed E-state index contributed by atoms with van der Waals surface area (Å²) in [6, 6.07) is 0. The van der Waals surface area contributed by atoms with E-state index in [0.717, 1.165) is 0 Å². The summed E-state index contributed by atoms with van der Waals surface area (Å²) in [5, 5.41) is 10.8. The first kappa shape index (κ1) is 17.4. The summed E-state index contributed by atoms with van der Waals surface area (Å²) in [5.74, 6) is 0. The van der Waals surface area contributed by atoms with E-state index < -0.39 is 23.9 Å². The molecule has 1 N–H and O–H groups in total. The molecule has 5 heteroatoms. The van der Waals surface area contributed by atoms with Crippen molar-refractivity contribution in [1.29, 1.82) is 0 Å². The lowest BCUT2D eigenvalue weighted by molar-refractivity contribution is -0.00564. The molecular formula is C15H27BO4. The van der Waals surface area contributed by atoms with Crippen LogP contribution in [0.15, 0.2) is 24.7 Å². The van der Waals surface area contributed by atoms with Crippen LogP contribution in [0.4, 0.5) is 0 Å². The molecule has 0 aromatic heterocycles. The van der Waals surface area contributed by atoms with Crippen molar-refractivity contribution in [3.63, 3.8) is 0 Å². The van der Waals surface area contributed by atoms with Gasteiger partial charge in [-0.3, -0.25) is 0 Å². The van der Waals surface area contributed by atoms with Crippen molar-refractivity contribution in [2.75, 3.05) is 13.7 Å². The third-order valence-electron chi connectivity index (χ3n) is 4.28. The minimum atomic E-state index is -1.18. The molecular weight excluding hydrogens is 255 g/mol. The Kier molecular flexibility index (Phi) is 5.25. The van der Waals surface area contributed by atoms with Gasteiger partial charge in [-0.15, -0.1) is 13.2 Å². The minimum Gasteiger partial charge on any atom is -0.400 e. The highest BCUT2D eigenvalue weighted by atomic mass is 16.7. The molecule has 1 rings (SSSR count). The van der Waals surface area contributed by atoms with Crippen molar-refractivity contribution >= 4 is 7.12 Å². The smallest absolute Gasteiger partial charge is 0.400 e. The summed E-state index contributed by atoms with van der Waals surface area (Å²) >= 11 is 0. The fourth-order valence-electron chi connectivity index (χ4n) is 2.11. The maximum atomic E-state index is 10.8. The van der Waals surface area contributed by atoms with Gasteiger partial charge in [0.25, 0.3) is 0 Å². The van der Waals surface area contributed by atoms with E-state index in [1.165, 1.54) is 0 Å². The van der Waals surface area contributed by atoms with Gasteiger partial charge in [-0.25, -0.2) is 0 Å². The van der Waals surface area contributed by atoms with Gasteiger partial charge in [0, 0.05) is 7.11 Å². The molecule has 1 atom stereocenters. The van der Waals surface area contributed by atoms with Crippen molar-refractivity contribution < 1.29 is 19.2 Å². The normalized spacial score (nSPS) is 23.4. The van der Waals surface area contributed by atoms with Crippen LogP contribution in [-0.4, -0.2) is 42.7 Å². The monoisotopic (exact) mass is 282 g/mol. The van der Waals surface area contributed by atoms with Gasteiger partial charge in [0.2, 0.25) is 0 Å². The zero-order chi connectivity index (χ0) is 15.6. The number of methoxy groups -OCH3 is 1. The molecule has 0 aromatic rings. The molecule has 0 unspecified atom stereocenters. The average molecular weight is 282 g/mol. The minimum absolute atomic E-state index is 0.156. The summed E-state index contributed by atoms with van der Waals surface area (Å²) in [5.41, 5.74) is -1.58. The molecule has 1 saturated heterocycles. The lowest BCUT2D eigenvalue weighted by atomic mass is 9.68. The Morgan fingerprint density at radius 2 is 1.80 bits per heavy atom. The standard InChI is InChI=1S/C15H27BO4/c1-8-9-10-15(17,11-18-7)12(2)16-19-13(3,4)14(5,6)20-16/h8,17H,1-2,9-11H2,3-7H3/t15-/m0/s1. The molecule has 0 radical (unpaired) electrons. The molecule has 0 aromatic carbocycles. The number of hydrogen-bond donors (Lipinski definition) is 1. The maximum Gasteiger partial charge on any atom is 0.492 e. The van der Waals surface area contributed by atoms with Crippen LogP contribution >= 0.6 is 0 Å². The maximum absolute atomic E-state index is 10.8. The molecule has 0 bridgehead atoms. The molecule has 20 heavy (non-hydrogen) atoms. The number of allylic oxidation sites excluding steroid dienone is 1. The van der Waals surface area contributed by atoms with E-state index in [9.17, 15) is 5.11 Å². The van der Waals surface area contributed by atoms with E-state index in [0.29, 0.717) is 18.3 Å². The van der Waals surface area contributed by atoms with E-state index in [1.54, 1.807) is 13.2 Å². The average Bonchev–Trinajstić information content (AvgIpc) is 2.55. The first-order valence-electron chi connectivity index (χ1n) is 6.97. The summed E-state index contributed by atoms with van der Waals surface area (Å²) in [6.45, 7) is 15.7. The Morgan fingerprint density at radius 1 is 1.30 bits per heavy atom.